The quantitative estimate of drug-likeness (QED) is 0.622. The summed E-state index contributed by atoms with van der Waals surface area (Å²) in [5.41, 5.74) is 13.7. The van der Waals surface area contributed by atoms with Gasteiger partial charge in [0.25, 0.3) is 0 Å². The van der Waals surface area contributed by atoms with Gasteiger partial charge in [0.1, 0.15) is 0 Å². The lowest BCUT2D eigenvalue weighted by Gasteiger charge is -2.20. The predicted octanol–water partition coefficient (Wildman–Crippen LogP) is 1.96. The van der Waals surface area contributed by atoms with Gasteiger partial charge in [-0.25, -0.2) is 0 Å². The minimum absolute atomic E-state index is 0.155. The molecule has 1 radical (unpaired) electrons. The molecule has 0 saturated carbocycles. The lowest BCUT2D eigenvalue weighted by molar-refractivity contribution is 0.668. The molecular formula is C10H15N2. The summed E-state index contributed by atoms with van der Waals surface area (Å²) in [5.74, 6) is 0. The fraction of sp³-hybridized carbons (Fsp3) is 0.300. The largest absolute Gasteiger partial charge is 0.399 e. The molecule has 12 heavy (non-hydrogen) atoms. The van der Waals surface area contributed by atoms with Crippen LogP contribution in [0.25, 0.3) is 0 Å². The smallest absolute Gasteiger partial charge is 0.0372 e. The van der Waals surface area contributed by atoms with Crippen molar-refractivity contribution in [2.24, 2.45) is 0 Å². The first-order valence-corrected chi connectivity index (χ1v) is 3.92. The van der Waals surface area contributed by atoms with E-state index in [0.717, 1.165) is 11.3 Å². The van der Waals surface area contributed by atoms with Gasteiger partial charge in [-0.1, -0.05) is 19.9 Å². The van der Waals surface area contributed by atoms with Gasteiger partial charge in [0.2, 0.25) is 0 Å². The van der Waals surface area contributed by atoms with E-state index in [0.29, 0.717) is 5.69 Å². The first kappa shape index (κ1) is 8.91. The van der Waals surface area contributed by atoms with Gasteiger partial charge in [-0.3, -0.25) is 0 Å². The lowest BCUT2D eigenvalue weighted by Crippen LogP contribution is -2.14. The summed E-state index contributed by atoms with van der Waals surface area (Å²) >= 11 is 0. The van der Waals surface area contributed by atoms with Crippen molar-refractivity contribution < 1.29 is 0 Å². The SMILES string of the molecule is [CH2]C(C)(C)c1ccc(N)cc1N. The third kappa shape index (κ3) is 1.70. The van der Waals surface area contributed by atoms with E-state index in [9.17, 15) is 0 Å². The van der Waals surface area contributed by atoms with Crippen LogP contribution in [0.3, 0.4) is 0 Å². The van der Waals surface area contributed by atoms with Crippen LogP contribution in [-0.2, 0) is 5.41 Å². The highest BCUT2D eigenvalue weighted by molar-refractivity contribution is 5.59. The number of hydrogen-bond acceptors (Lipinski definition) is 2. The highest BCUT2D eigenvalue weighted by Gasteiger charge is 2.16. The molecule has 65 valence electrons. The molecule has 1 rings (SSSR count). The number of hydrogen-bond donors (Lipinski definition) is 2. The zero-order valence-corrected chi connectivity index (χ0v) is 7.59. The van der Waals surface area contributed by atoms with Crippen LogP contribution in [0.5, 0.6) is 0 Å². The standard InChI is InChI=1S/C10H15N2/c1-10(2,3)8-5-4-7(11)6-9(8)12/h4-6H,1,11-12H2,2-3H3. The van der Waals surface area contributed by atoms with Crippen LogP contribution in [0.4, 0.5) is 11.4 Å². The average Bonchev–Trinajstić information content (AvgIpc) is 1.83. The van der Waals surface area contributed by atoms with E-state index in [-0.39, 0.29) is 5.41 Å². The number of nitrogen functional groups attached to an aromatic ring is 2. The second kappa shape index (κ2) is 2.70. The van der Waals surface area contributed by atoms with Crippen molar-refractivity contribution in [2.45, 2.75) is 19.3 Å². The summed E-state index contributed by atoms with van der Waals surface area (Å²) in [6, 6.07) is 5.54. The van der Waals surface area contributed by atoms with E-state index in [2.05, 4.69) is 6.92 Å². The Morgan fingerprint density at radius 2 is 1.83 bits per heavy atom. The van der Waals surface area contributed by atoms with Crippen molar-refractivity contribution in [1.82, 2.24) is 0 Å². The predicted molar refractivity (Wildman–Crippen MR) is 53.6 cm³/mol. The maximum atomic E-state index is 5.79. The fourth-order valence-corrected chi connectivity index (χ4v) is 1.20. The Bertz CT molecular complexity index is 284. The van der Waals surface area contributed by atoms with E-state index in [1.54, 1.807) is 6.07 Å². The zero-order valence-electron chi connectivity index (χ0n) is 7.59. The van der Waals surface area contributed by atoms with Crippen LogP contribution < -0.4 is 11.5 Å². The molecule has 0 aliphatic carbocycles. The van der Waals surface area contributed by atoms with Crippen molar-refractivity contribution in [2.75, 3.05) is 11.5 Å². The summed E-state index contributed by atoms with van der Waals surface area (Å²) in [6.07, 6.45) is 0. The highest BCUT2D eigenvalue weighted by atomic mass is 14.6. The molecule has 0 aromatic heterocycles. The molecule has 0 aliphatic heterocycles. The van der Waals surface area contributed by atoms with E-state index in [4.69, 9.17) is 11.5 Å². The highest BCUT2D eigenvalue weighted by Crippen LogP contribution is 2.28. The van der Waals surface area contributed by atoms with Gasteiger partial charge >= 0.3 is 0 Å². The Morgan fingerprint density at radius 3 is 2.25 bits per heavy atom. The maximum absolute atomic E-state index is 5.79. The molecule has 0 saturated heterocycles. The van der Waals surface area contributed by atoms with Crippen LogP contribution in [0, 0.1) is 6.92 Å². The summed E-state index contributed by atoms with van der Waals surface area (Å²) in [4.78, 5) is 0. The summed E-state index contributed by atoms with van der Waals surface area (Å²) in [6.45, 7) is 8.06. The molecule has 0 atom stereocenters. The van der Waals surface area contributed by atoms with E-state index >= 15 is 0 Å². The Labute approximate surface area is 73.6 Å². The average molecular weight is 163 g/mol. The van der Waals surface area contributed by atoms with Gasteiger partial charge in [0.15, 0.2) is 0 Å². The molecule has 0 aliphatic rings. The zero-order chi connectivity index (χ0) is 9.35. The maximum Gasteiger partial charge on any atom is 0.0372 e. The molecule has 1 aromatic carbocycles. The monoisotopic (exact) mass is 163 g/mol. The molecule has 0 amide bonds. The Hall–Kier alpha value is -1.18. The molecule has 2 nitrogen and oxygen atoms in total. The molecule has 1 aromatic rings. The van der Waals surface area contributed by atoms with Gasteiger partial charge in [-0.2, -0.15) is 0 Å². The number of anilines is 2. The molecule has 0 spiro atoms. The van der Waals surface area contributed by atoms with Crippen molar-refractivity contribution >= 4 is 11.4 Å². The topological polar surface area (TPSA) is 52.0 Å². The number of nitrogens with two attached hydrogens (primary N) is 2. The normalized spacial score (nSPS) is 11.6. The van der Waals surface area contributed by atoms with Gasteiger partial charge in [-0.15, -0.1) is 0 Å². The Balaban J connectivity index is 3.19. The van der Waals surface area contributed by atoms with Gasteiger partial charge in [0.05, 0.1) is 0 Å². The molecule has 0 fully saturated rings. The minimum atomic E-state index is -0.155. The van der Waals surface area contributed by atoms with Crippen molar-refractivity contribution in [3.63, 3.8) is 0 Å². The van der Waals surface area contributed by atoms with E-state index in [1.165, 1.54) is 0 Å². The molecule has 0 bridgehead atoms. The van der Waals surface area contributed by atoms with Gasteiger partial charge < -0.3 is 11.5 Å². The Morgan fingerprint density at radius 1 is 1.25 bits per heavy atom. The van der Waals surface area contributed by atoms with Crippen LogP contribution >= 0.6 is 0 Å². The third-order valence-corrected chi connectivity index (χ3v) is 1.80. The van der Waals surface area contributed by atoms with Crippen molar-refractivity contribution in [1.29, 1.82) is 0 Å². The first-order valence-electron chi connectivity index (χ1n) is 3.92. The van der Waals surface area contributed by atoms with Crippen LogP contribution in [0.15, 0.2) is 18.2 Å². The third-order valence-electron chi connectivity index (χ3n) is 1.80. The fourth-order valence-electron chi connectivity index (χ4n) is 1.20. The second-order valence-electron chi connectivity index (χ2n) is 3.73. The van der Waals surface area contributed by atoms with Crippen LogP contribution in [0.2, 0.25) is 0 Å². The first-order chi connectivity index (χ1) is 5.41. The van der Waals surface area contributed by atoms with Crippen molar-refractivity contribution in [3.8, 4) is 0 Å². The van der Waals surface area contributed by atoms with Crippen LogP contribution in [-0.4, -0.2) is 0 Å². The second-order valence-corrected chi connectivity index (χ2v) is 3.73. The van der Waals surface area contributed by atoms with E-state index in [1.807, 2.05) is 26.0 Å². The number of benzene rings is 1. The van der Waals surface area contributed by atoms with E-state index < -0.39 is 0 Å². The molecule has 0 unspecified atom stereocenters. The summed E-state index contributed by atoms with van der Waals surface area (Å²) < 4.78 is 0. The van der Waals surface area contributed by atoms with Crippen molar-refractivity contribution in [3.05, 3.63) is 30.7 Å². The van der Waals surface area contributed by atoms with Crippen LogP contribution in [0.1, 0.15) is 19.4 Å². The van der Waals surface area contributed by atoms with Gasteiger partial charge in [0, 0.05) is 11.4 Å². The molecule has 0 heterocycles. The molecule has 4 N–H and O–H groups in total. The minimum Gasteiger partial charge on any atom is -0.399 e. The molecular weight excluding hydrogens is 148 g/mol. The summed E-state index contributed by atoms with van der Waals surface area (Å²) in [5, 5.41) is 0. The molecule has 2 heteroatoms. The number of rotatable bonds is 1. The summed E-state index contributed by atoms with van der Waals surface area (Å²) in [7, 11) is 0. The van der Waals surface area contributed by atoms with Gasteiger partial charge in [-0.05, 0) is 30.0 Å². The Kier molecular flexibility index (Phi) is 2.01. The lowest BCUT2D eigenvalue weighted by atomic mass is 9.86.